The molecule has 0 bridgehead atoms. The number of carbonyl (C=O) groups is 1. The molecule has 1 amide bonds. The first kappa shape index (κ1) is 16.0. The third-order valence-electron chi connectivity index (χ3n) is 2.26. The molecular weight excluding hydrogens is 261 g/mol. The molecule has 19 heavy (non-hydrogen) atoms. The first-order chi connectivity index (χ1) is 8.40. The van der Waals surface area contributed by atoms with Crippen LogP contribution in [0.15, 0.2) is 0 Å². The van der Waals surface area contributed by atoms with Gasteiger partial charge in [-0.3, -0.25) is 4.90 Å². The van der Waals surface area contributed by atoms with Crippen LogP contribution in [0.4, 0.5) is 9.18 Å². The summed E-state index contributed by atoms with van der Waals surface area (Å²) < 4.78 is 19.3. The van der Waals surface area contributed by atoms with Crippen LogP contribution in [-0.4, -0.2) is 44.9 Å². The molecule has 0 aromatic carbocycles. The molecule has 1 rings (SSSR count). The maximum atomic E-state index is 14.1. The normalized spacial score (nSPS) is 18.2. The highest BCUT2D eigenvalue weighted by Gasteiger charge is 2.46. The zero-order valence-electron chi connectivity index (χ0n) is 12.6. The SMILES string of the molecule is CC(C)(C)OC(=O)N1CC(F)(C#C[Si]C(C)(C)C)C1. The molecule has 2 radical (unpaired) electrons. The summed E-state index contributed by atoms with van der Waals surface area (Å²) in [5.74, 6) is 2.65. The molecule has 0 N–H and O–H groups in total. The van der Waals surface area contributed by atoms with Gasteiger partial charge in [-0.15, -0.1) is 5.54 Å². The average Bonchev–Trinajstić information content (AvgIpc) is 2.08. The fourth-order valence-corrected chi connectivity index (χ4v) is 2.09. The van der Waals surface area contributed by atoms with Gasteiger partial charge in [0.05, 0.1) is 13.1 Å². The van der Waals surface area contributed by atoms with E-state index in [0.717, 1.165) is 0 Å². The lowest BCUT2D eigenvalue weighted by Crippen LogP contribution is -2.61. The van der Waals surface area contributed by atoms with E-state index in [0.29, 0.717) is 9.52 Å². The standard InChI is InChI=1S/C14H22FNO2Si/c1-12(2,3)18-11(17)16-9-14(15,10-16)7-8-19-13(4,5)6/h9-10H2,1-6H3. The second-order valence-corrected chi connectivity index (χ2v) is 8.93. The fraction of sp³-hybridized carbons (Fsp3) is 0.786. The summed E-state index contributed by atoms with van der Waals surface area (Å²) in [4.78, 5) is 13.0. The predicted molar refractivity (Wildman–Crippen MR) is 74.9 cm³/mol. The van der Waals surface area contributed by atoms with Crippen molar-refractivity contribution < 1.29 is 13.9 Å². The van der Waals surface area contributed by atoms with Gasteiger partial charge in [0.15, 0.2) is 9.52 Å². The number of rotatable bonds is 0. The summed E-state index contributed by atoms with van der Waals surface area (Å²) in [6.07, 6.45) is -0.471. The highest BCUT2D eigenvalue weighted by atomic mass is 28.2. The molecule has 0 unspecified atom stereocenters. The quantitative estimate of drug-likeness (QED) is 0.505. The molecule has 1 saturated heterocycles. The third kappa shape index (κ3) is 5.64. The number of amides is 1. The largest absolute Gasteiger partial charge is 0.444 e. The first-order valence-electron chi connectivity index (χ1n) is 6.36. The lowest BCUT2D eigenvalue weighted by atomic mass is 9.98. The molecule has 0 aromatic heterocycles. The van der Waals surface area contributed by atoms with Crippen molar-refractivity contribution >= 4 is 15.6 Å². The van der Waals surface area contributed by atoms with Crippen molar-refractivity contribution in [3.8, 4) is 11.5 Å². The van der Waals surface area contributed by atoms with Crippen molar-refractivity contribution in [2.45, 2.75) is 57.9 Å². The van der Waals surface area contributed by atoms with Gasteiger partial charge in [-0.05, 0) is 25.8 Å². The van der Waals surface area contributed by atoms with E-state index in [4.69, 9.17) is 4.74 Å². The number of likely N-dealkylation sites (tertiary alicyclic amines) is 1. The molecule has 1 aliphatic heterocycles. The van der Waals surface area contributed by atoms with Crippen LogP contribution < -0.4 is 0 Å². The van der Waals surface area contributed by atoms with Gasteiger partial charge in [-0.1, -0.05) is 26.7 Å². The van der Waals surface area contributed by atoms with Crippen LogP contribution in [0.3, 0.4) is 0 Å². The van der Waals surface area contributed by atoms with E-state index in [1.165, 1.54) is 4.90 Å². The van der Waals surface area contributed by atoms with Crippen LogP contribution in [0.1, 0.15) is 41.5 Å². The molecule has 1 heterocycles. The van der Waals surface area contributed by atoms with E-state index < -0.39 is 17.4 Å². The third-order valence-corrected chi connectivity index (χ3v) is 3.26. The molecule has 0 aliphatic carbocycles. The second kappa shape index (κ2) is 5.16. The Morgan fingerprint density at radius 3 is 2.21 bits per heavy atom. The second-order valence-electron chi connectivity index (χ2n) is 6.93. The first-order valence-corrected chi connectivity index (χ1v) is 7.36. The Kier molecular flexibility index (Phi) is 4.35. The number of hydrogen-bond acceptors (Lipinski definition) is 2. The molecule has 1 fully saturated rings. The van der Waals surface area contributed by atoms with Crippen molar-refractivity contribution in [2.24, 2.45) is 0 Å². The van der Waals surface area contributed by atoms with Crippen molar-refractivity contribution in [1.82, 2.24) is 4.90 Å². The van der Waals surface area contributed by atoms with Crippen molar-refractivity contribution in [3.63, 3.8) is 0 Å². The highest BCUT2D eigenvalue weighted by Crippen LogP contribution is 2.27. The van der Waals surface area contributed by atoms with E-state index in [2.05, 4.69) is 32.2 Å². The van der Waals surface area contributed by atoms with Crippen molar-refractivity contribution in [3.05, 3.63) is 0 Å². The van der Waals surface area contributed by atoms with Crippen LogP contribution in [-0.2, 0) is 4.74 Å². The predicted octanol–water partition coefficient (Wildman–Crippen LogP) is 2.83. The summed E-state index contributed by atoms with van der Waals surface area (Å²) in [5.41, 5.74) is 0.788. The van der Waals surface area contributed by atoms with Crippen LogP contribution >= 0.6 is 0 Å². The summed E-state index contributed by atoms with van der Waals surface area (Å²) in [5, 5.41) is 0.0952. The monoisotopic (exact) mass is 283 g/mol. The number of halogens is 1. The molecule has 1 aliphatic rings. The topological polar surface area (TPSA) is 29.5 Å². The van der Waals surface area contributed by atoms with Gasteiger partial charge in [0.25, 0.3) is 0 Å². The molecule has 0 spiro atoms. The Bertz CT molecular complexity index is 406. The minimum atomic E-state index is -1.56. The highest BCUT2D eigenvalue weighted by molar-refractivity contribution is 6.49. The van der Waals surface area contributed by atoms with Gasteiger partial charge in [-0.25, -0.2) is 9.18 Å². The van der Waals surface area contributed by atoms with Crippen LogP contribution in [0.2, 0.25) is 5.04 Å². The van der Waals surface area contributed by atoms with Crippen LogP contribution in [0, 0.1) is 11.5 Å². The summed E-state index contributed by atoms with van der Waals surface area (Å²) in [7, 11) is 0.394. The molecule has 3 nitrogen and oxygen atoms in total. The summed E-state index contributed by atoms with van der Waals surface area (Å²) >= 11 is 0. The Labute approximate surface area is 117 Å². The maximum absolute atomic E-state index is 14.1. The number of alkyl halides is 1. The average molecular weight is 283 g/mol. The van der Waals surface area contributed by atoms with Gasteiger partial charge in [0, 0.05) is 0 Å². The Morgan fingerprint density at radius 2 is 1.79 bits per heavy atom. The molecule has 106 valence electrons. The van der Waals surface area contributed by atoms with Gasteiger partial charge < -0.3 is 4.74 Å². The summed E-state index contributed by atoms with van der Waals surface area (Å²) in [6.45, 7) is 11.6. The zero-order valence-corrected chi connectivity index (χ0v) is 13.6. The molecule has 0 atom stereocenters. The Hall–Kier alpha value is -1.02. The van der Waals surface area contributed by atoms with E-state index >= 15 is 0 Å². The smallest absolute Gasteiger partial charge is 0.410 e. The number of ether oxygens (including phenoxy) is 1. The molecule has 0 aromatic rings. The molecule has 5 heteroatoms. The van der Waals surface area contributed by atoms with E-state index in [1.807, 2.05) is 0 Å². The molecular formula is C14H22FNO2Si. The lowest BCUT2D eigenvalue weighted by Gasteiger charge is -2.41. The van der Waals surface area contributed by atoms with Crippen molar-refractivity contribution in [2.75, 3.05) is 13.1 Å². The van der Waals surface area contributed by atoms with Crippen molar-refractivity contribution in [1.29, 1.82) is 0 Å². The minimum Gasteiger partial charge on any atom is -0.444 e. The van der Waals surface area contributed by atoms with Crippen LogP contribution in [0.25, 0.3) is 0 Å². The van der Waals surface area contributed by atoms with Gasteiger partial charge in [0.2, 0.25) is 5.67 Å². The van der Waals surface area contributed by atoms with E-state index in [-0.39, 0.29) is 18.1 Å². The zero-order chi connectivity index (χ0) is 14.9. The lowest BCUT2D eigenvalue weighted by molar-refractivity contribution is -0.0271. The Morgan fingerprint density at radius 1 is 1.26 bits per heavy atom. The molecule has 0 saturated carbocycles. The number of carbonyl (C=O) groups excluding carboxylic acids is 1. The van der Waals surface area contributed by atoms with Gasteiger partial charge in [0.1, 0.15) is 5.60 Å². The van der Waals surface area contributed by atoms with E-state index in [1.54, 1.807) is 20.8 Å². The van der Waals surface area contributed by atoms with Gasteiger partial charge in [-0.2, -0.15) is 0 Å². The summed E-state index contributed by atoms with van der Waals surface area (Å²) in [6, 6.07) is 0. The number of hydrogen-bond donors (Lipinski definition) is 0. The van der Waals surface area contributed by atoms with Gasteiger partial charge >= 0.3 is 6.09 Å². The Balaban J connectivity index is 2.45. The minimum absolute atomic E-state index is 0.00351. The fourth-order valence-electron chi connectivity index (χ4n) is 1.42. The van der Waals surface area contributed by atoms with Crippen LogP contribution in [0.5, 0.6) is 0 Å². The maximum Gasteiger partial charge on any atom is 0.410 e. The number of nitrogens with zero attached hydrogens (tertiary/aromatic N) is 1. The van der Waals surface area contributed by atoms with E-state index in [9.17, 15) is 9.18 Å².